The van der Waals surface area contributed by atoms with Crippen LogP contribution >= 0.6 is 0 Å². The van der Waals surface area contributed by atoms with E-state index in [0.717, 1.165) is 30.4 Å². The van der Waals surface area contributed by atoms with Gasteiger partial charge in [0.05, 0.1) is 11.7 Å². The Bertz CT molecular complexity index is 492. The number of aromatic nitrogens is 2. The fourth-order valence-electron chi connectivity index (χ4n) is 2.06. The maximum atomic E-state index is 11.1. The molecule has 1 aromatic rings. The molecular weight excluding hydrogens is 240 g/mol. The van der Waals surface area contributed by atoms with E-state index in [1.165, 1.54) is 0 Å². The lowest BCUT2D eigenvalue weighted by Crippen LogP contribution is -2.56. The van der Waals surface area contributed by atoms with E-state index in [0.29, 0.717) is 6.04 Å². The molecule has 0 aromatic carbocycles. The van der Waals surface area contributed by atoms with Gasteiger partial charge in [-0.05, 0) is 6.92 Å². The molecule has 106 valence electrons. The molecule has 0 spiro atoms. The van der Waals surface area contributed by atoms with Crippen molar-refractivity contribution in [2.45, 2.75) is 46.1 Å². The molecular formula is C14H24N4O. The van der Waals surface area contributed by atoms with Crippen molar-refractivity contribution in [3.05, 3.63) is 17.6 Å². The quantitative estimate of drug-likeness (QED) is 0.887. The lowest BCUT2D eigenvalue weighted by atomic mass is 9.92. The van der Waals surface area contributed by atoms with Crippen molar-refractivity contribution in [1.82, 2.24) is 14.9 Å². The van der Waals surface area contributed by atoms with Crippen LogP contribution in [0.2, 0.25) is 0 Å². The molecule has 0 bridgehead atoms. The summed E-state index contributed by atoms with van der Waals surface area (Å²) in [6, 6.07) is 2.30. The van der Waals surface area contributed by atoms with E-state index in [2.05, 4.69) is 36.1 Å². The van der Waals surface area contributed by atoms with Gasteiger partial charge in [0.2, 0.25) is 5.91 Å². The summed E-state index contributed by atoms with van der Waals surface area (Å²) < 4.78 is 0. The molecule has 0 radical (unpaired) electrons. The number of rotatable bonds is 2. The van der Waals surface area contributed by atoms with Crippen molar-refractivity contribution >= 4 is 11.7 Å². The molecule has 1 N–H and O–H groups in total. The number of amides is 1. The summed E-state index contributed by atoms with van der Waals surface area (Å²) in [5.74, 6) is 1.76. The van der Waals surface area contributed by atoms with Crippen LogP contribution in [0.5, 0.6) is 0 Å². The standard InChI is InChI=1S/C14H22N4O.H2/c1-9-15-12(14(3,4)5)6-13(16-9)17-11-7-18(8-11)10(2)19;/h6,11H,7-8H2,1-5H3,(H,15,16,17);1H. The van der Waals surface area contributed by atoms with E-state index in [9.17, 15) is 4.79 Å². The van der Waals surface area contributed by atoms with Crippen LogP contribution < -0.4 is 5.32 Å². The SMILES string of the molecule is CC(=O)N1CC(Nc2cc(C(C)(C)C)nc(C)n2)C1.[HH]. The van der Waals surface area contributed by atoms with Gasteiger partial charge in [0.1, 0.15) is 11.6 Å². The molecule has 1 fully saturated rings. The Morgan fingerprint density at radius 2 is 2.05 bits per heavy atom. The summed E-state index contributed by atoms with van der Waals surface area (Å²) in [5, 5.41) is 3.37. The van der Waals surface area contributed by atoms with E-state index in [4.69, 9.17) is 0 Å². The summed E-state index contributed by atoms with van der Waals surface area (Å²) in [6.07, 6.45) is 0. The molecule has 0 saturated carbocycles. The Morgan fingerprint density at radius 3 is 2.58 bits per heavy atom. The Labute approximate surface area is 115 Å². The first kappa shape index (κ1) is 13.8. The third-order valence-electron chi connectivity index (χ3n) is 3.29. The molecule has 5 heteroatoms. The van der Waals surface area contributed by atoms with Crippen molar-refractivity contribution < 1.29 is 6.22 Å². The van der Waals surface area contributed by atoms with E-state index in [-0.39, 0.29) is 12.7 Å². The molecule has 0 atom stereocenters. The minimum absolute atomic E-state index is 0. The van der Waals surface area contributed by atoms with Crippen LogP contribution in [-0.2, 0) is 10.2 Å². The lowest BCUT2D eigenvalue weighted by molar-refractivity contribution is -0.132. The van der Waals surface area contributed by atoms with Crippen LogP contribution in [0.3, 0.4) is 0 Å². The van der Waals surface area contributed by atoms with Crippen molar-refractivity contribution in [2.24, 2.45) is 0 Å². The average Bonchev–Trinajstić information content (AvgIpc) is 2.20. The summed E-state index contributed by atoms with van der Waals surface area (Å²) >= 11 is 0. The number of likely N-dealkylation sites (tertiary alicyclic amines) is 1. The smallest absolute Gasteiger partial charge is 0.219 e. The van der Waals surface area contributed by atoms with Crippen molar-refractivity contribution in [2.75, 3.05) is 18.4 Å². The Balaban J connectivity index is 0.00000200. The lowest BCUT2D eigenvalue weighted by Gasteiger charge is -2.39. The van der Waals surface area contributed by atoms with Crippen LogP contribution in [0.4, 0.5) is 5.82 Å². The van der Waals surface area contributed by atoms with Gasteiger partial charge < -0.3 is 10.2 Å². The highest BCUT2D eigenvalue weighted by Crippen LogP contribution is 2.23. The number of carbonyl (C=O) groups is 1. The minimum atomic E-state index is 0. The molecule has 5 nitrogen and oxygen atoms in total. The first-order valence-electron chi connectivity index (χ1n) is 6.64. The second-order valence-corrected chi connectivity index (χ2v) is 6.20. The molecule has 1 aliphatic rings. The number of hydrogen-bond acceptors (Lipinski definition) is 4. The van der Waals surface area contributed by atoms with Gasteiger partial charge in [0.25, 0.3) is 0 Å². The monoisotopic (exact) mass is 264 g/mol. The Kier molecular flexibility index (Phi) is 3.47. The molecule has 1 saturated heterocycles. The maximum absolute atomic E-state index is 11.1. The maximum Gasteiger partial charge on any atom is 0.219 e. The molecule has 0 unspecified atom stereocenters. The van der Waals surface area contributed by atoms with Crippen LogP contribution in [0, 0.1) is 6.92 Å². The number of carbonyl (C=O) groups excluding carboxylic acids is 1. The molecule has 1 aromatic heterocycles. The number of aryl methyl sites for hydroxylation is 1. The third-order valence-corrected chi connectivity index (χ3v) is 3.29. The van der Waals surface area contributed by atoms with Crippen molar-refractivity contribution in [3.8, 4) is 0 Å². The highest BCUT2D eigenvalue weighted by Gasteiger charge is 2.29. The summed E-state index contributed by atoms with van der Waals surface area (Å²) in [5.41, 5.74) is 1.04. The fraction of sp³-hybridized carbons (Fsp3) is 0.643. The van der Waals surface area contributed by atoms with E-state index in [1.54, 1.807) is 6.92 Å². The highest BCUT2D eigenvalue weighted by atomic mass is 16.2. The Hall–Kier alpha value is -1.65. The number of hydrogen-bond donors (Lipinski definition) is 1. The Morgan fingerprint density at radius 1 is 1.42 bits per heavy atom. The second-order valence-electron chi connectivity index (χ2n) is 6.20. The zero-order valence-electron chi connectivity index (χ0n) is 12.3. The van der Waals surface area contributed by atoms with Crippen LogP contribution in [0.1, 0.15) is 40.6 Å². The summed E-state index contributed by atoms with van der Waals surface area (Å²) in [4.78, 5) is 21.8. The van der Waals surface area contributed by atoms with Gasteiger partial charge in [-0.25, -0.2) is 9.97 Å². The molecule has 2 heterocycles. The van der Waals surface area contributed by atoms with Gasteiger partial charge in [-0.15, -0.1) is 0 Å². The van der Waals surface area contributed by atoms with Crippen LogP contribution in [0.15, 0.2) is 6.07 Å². The molecule has 0 aliphatic carbocycles. The molecule has 2 rings (SSSR count). The van der Waals surface area contributed by atoms with Gasteiger partial charge in [0.15, 0.2) is 0 Å². The van der Waals surface area contributed by atoms with Gasteiger partial charge in [0, 0.05) is 32.9 Å². The van der Waals surface area contributed by atoms with E-state index in [1.807, 2.05) is 17.9 Å². The number of nitrogens with zero attached hydrogens (tertiary/aromatic N) is 3. The zero-order chi connectivity index (χ0) is 14.2. The molecule has 19 heavy (non-hydrogen) atoms. The largest absolute Gasteiger partial charge is 0.364 e. The molecule has 1 aliphatic heterocycles. The zero-order valence-corrected chi connectivity index (χ0v) is 12.3. The summed E-state index contributed by atoms with van der Waals surface area (Å²) in [7, 11) is 0. The highest BCUT2D eigenvalue weighted by molar-refractivity contribution is 5.74. The topological polar surface area (TPSA) is 58.1 Å². The normalized spacial score (nSPS) is 16.2. The van der Waals surface area contributed by atoms with Crippen LogP contribution in [-0.4, -0.2) is 39.9 Å². The second kappa shape index (κ2) is 4.79. The van der Waals surface area contributed by atoms with Gasteiger partial charge in [-0.1, -0.05) is 20.8 Å². The van der Waals surface area contributed by atoms with E-state index < -0.39 is 0 Å². The average molecular weight is 264 g/mol. The predicted molar refractivity (Wildman–Crippen MR) is 77.2 cm³/mol. The third kappa shape index (κ3) is 3.22. The van der Waals surface area contributed by atoms with E-state index >= 15 is 0 Å². The van der Waals surface area contributed by atoms with Gasteiger partial charge in [-0.3, -0.25) is 4.79 Å². The minimum Gasteiger partial charge on any atom is -0.364 e. The number of nitrogens with one attached hydrogen (secondary N) is 1. The summed E-state index contributed by atoms with van der Waals surface area (Å²) in [6.45, 7) is 11.4. The first-order valence-corrected chi connectivity index (χ1v) is 6.64. The van der Waals surface area contributed by atoms with Crippen molar-refractivity contribution in [1.29, 1.82) is 0 Å². The van der Waals surface area contributed by atoms with Crippen molar-refractivity contribution in [3.63, 3.8) is 0 Å². The predicted octanol–water partition coefficient (Wildman–Crippen LogP) is 1.97. The number of anilines is 1. The van der Waals surface area contributed by atoms with Gasteiger partial charge in [-0.2, -0.15) is 0 Å². The van der Waals surface area contributed by atoms with Gasteiger partial charge >= 0.3 is 0 Å². The first-order chi connectivity index (χ1) is 8.75. The van der Waals surface area contributed by atoms with Crippen LogP contribution in [0.25, 0.3) is 0 Å². The molecule has 1 amide bonds. The fourth-order valence-corrected chi connectivity index (χ4v) is 2.06.